The van der Waals surface area contributed by atoms with Gasteiger partial charge in [0.25, 0.3) is 5.91 Å². The van der Waals surface area contributed by atoms with Gasteiger partial charge >= 0.3 is 24.1 Å². The molecule has 0 radical (unpaired) electrons. The van der Waals surface area contributed by atoms with E-state index in [4.69, 9.17) is 9.90 Å². The minimum absolute atomic E-state index is 0.0154. The number of nitrogens with zero attached hydrogens (tertiary/aromatic N) is 2. The molecule has 1 saturated heterocycles. The van der Waals surface area contributed by atoms with E-state index in [2.05, 4.69) is 9.97 Å². The zero-order chi connectivity index (χ0) is 31.5. The number of alkyl halides is 6. The Morgan fingerprint density at radius 2 is 1.67 bits per heavy atom. The van der Waals surface area contributed by atoms with E-state index < -0.39 is 51.3 Å². The Morgan fingerprint density at radius 3 is 2.17 bits per heavy atom. The van der Waals surface area contributed by atoms with Crippen molar-refractivity contribution in [1.29, 1.82) is 0 Å². The van der Waals surface area contributed by atoms with Gasteiger partial charge in [-0.15, -0.1) is 0 Å². The lowest BCUT2D eigenvalue weighted by Crippen LogP contribution is -2.45. The number of carbonyl (C=O) groups is 3. The fraction of sp³-hybridized carbons (Fsp3) is 0.375. The van der Waals surface area contributed by atoms with Crippen molar-refractivity contribution in [1.82, 2.24) is 15.2 Å². The predicted octanol–water partition coefficient (Wildman–Crippen LogP) is 0.549. The number of piperidine rings is 1. The summed E-state index contributed by atoms with van der Waals surface area (Å²) in [7, 11) is -3.23. The van der Waals surface area contributed by atoms with Crippen LogP contribution in [0.5, 0.6) is 0 Å². The zero-order valence-corrected chi connectivity index (χ0v) is 22.4. The maximum atomic E-state index is 13.7. The largest absolute Gasteiger partial charge is 0.542 e. The van der Waals surface area contributed by atoms with Crippen molar-refractivity contribution in [3.8, 4) is 0 Å². The zero-order valence-electron chi connectivity index (χ0n) is 21.6. The number of carbonyl (C=O) groups excluding carboxylic acids is 3. The topological polar surface area (TPSA) is 158 Å². The number of likely N-dealkylation sites (tertiary alicyclic amines) is 1. The molecule has 42 heavy (non-hydrogen) atoms. The highest BCUT2D eigenvalue weighted by Crippen LogP contribution is 2.31. The lowest BCUT2D eigenvalue weighted by Gasteiger charge is -2.29. The fourth-order valence-corrected chi connectivity index (χ4v) is 5.24. The summed E-state index contributed by atoms with van der Waals surface area (Å²) < 4.78 is 97.8. The SMILES string of the molecule is CS(=O)(=O)C1CCN(C(=O)c2[nH]c(C(=O)NC(c3cccc[nH+]3)C(F)(F)F)c3cccc[n+]23)CC1.O=C([O-])C(F)(F)F. The lowest BCUT2D eigenvalue weighted by molar-refractivity contribution is -0.514. The molecule has 0 bridgehead atoms. The van der Waals surface area contributed by atoms with E-state index >= 15 is 0 Å². The van der Waals surface area contributed by atoms with Crippen LogP contribution >= 0.6 is 0 Å². The van der Waals surface area contributed by atoms with Crippen LogP contribution in [-0.2, 0) is 14.6 Å². The van der Waals surface area contributed by atoms with Gasteiger partial charge < -0.3 is 20.1 Å². The van der Waals surface area contributed by atoms with E-state index in [1.54, 1.807) is 12.1 Å². The van der Waals surface area contributed by atoms with Gasteiger partial charge in [-0.25, -0.2) is 18.4 Å². The van der Waals surface area contributed by atoms with Gasteiger partial charge in [-0.05, 0) is 25.0 Å². The summed E-state index contributed by atoms with van der Waals surface area (Å²) in [5, 5.41) is 10.3. The van der Waals surface area contributed by atoms with Crippen LogP contribution in [0.25, 0.3) is 5.52 Å². The summed E-state index contributed by atoms with van der Waals surface area (Å²) in [6.07, 6.45) is -5.40. The first-order valence-electron chi connectivity index (χ1n) is 12.0. The summed E-state index contributed by atoms with van der Waals surface area (Å²) in [5.74, 6) is -4.55. The smallest absolute Gasteiger partial charge is 0.430 e. The number of fused-ring (bicyclic) bond motifs is 1. The number of sulfone groups is 1. The third-order valence-corrected chi connectivity index (χ3v) is 7.93. The summed E-state index contributed by atoms with van der Waals surface area (Å²) >= 11 is 0. The molecule has 3 aromatic rings. The number of aromatic amines is 2. The molecule has 228 valence electrons. The number of hydrogen-bond acceptors (Lipinski definition) is 6. The molecule has 0 aliphatic carbocycles. The fourth-order valence-electron chi connectivity index (χ4n) is 4.18. The predicted molar refractivity (Wildman–Crippen MR) is 128 cm³/mol. The molecule has 1 aliphatic heterocycles. The van der Waals surface area contributed by atoms with Crippen molar-refractivity contribution in [2.24, 2.45) is 0 Å². The van der Waals surface area contributed by atoms with E-state index in [1.807, 2.05) is 5.32 Å². The quantitative estimate of drug-likeness (QED) is 0.312. The van der Waals surface area contributed by atoms with E-state index in [0.29, 0.717) is 0 Å². The Balaban J connectivity index is 0.000000616. The number of nitrogens with one attached hydrogen (secondary N) is 3. The van der Waals surface area contributed by atoms with Gasteiger partial charge in [0.2, 0.25) is 17.4 Å². The number of aromatic nitrogens is 3. The first kappa shape index (κ1) is 32.3. The molecule has 4 heterocycles. The van der Waals surface area contributed by atoms with E-state index in [0.717, 1.165) is 6.26 Å². The molecule has 1 aliphatic rings. The molecule has 1 fully saturated rings. The van der Waals surface area contributed by atoms with E-state index in [-0.39, 0.29) is 48.7 Å². The number of carboxylic acid groups (broad SMARTS) is 1. The van der Waals surface area contributed by atoms with Crippen LogP contribution in [0.3, 0.4) is 0 Å². The number of carboxylic acids is 1. The third-order valence-electron chi connectivity index (χ3n) is 6.24. The second-order valence-corrected chi connectivity index (χ2v) is 11.5. The minimum atomic E-state index is -5.19. The molecule has 3 N–H and O–H groups in total. The Kier molecular flexibility index (Phi) is 9.49. The number of amides is 2. The normalized spacial score (nSPS) is 15.5. The van der Waals surface area contributed by atoms with E-state index in [9.17, 15) is 44.3 Å². The third kappa shape index (κ3) is 7.74. The average Bonchev–Trinajstić information content (AvgIpc) is 3.30. The van der Waals surface area contributed by atoms with E-state index in [1.165, 1.54) is 46.0 Å². The first-order valence-corrected chi connectivity index (χ1v) is 14.0. The number of rotatable bonds is 5. The van der Waals surface area contributed by atoms with Crippen molar-refractivity contribution >= 4 is 33.1 Å². The highest BCUT2D eigenvalue weighted by Gasteiger charge is 2.47. The number of pyridine rings is 2. The Bertz CT molecular complexity index is 1550. The van der Waals surface area contributed by atoms with Gasteiger partial charge in [0.1, 0.15) is 15.8 Å². The molecule has 1 atom stereocenters. The second kappa shape index (κ2) is 12.3. The molecule has 2 amide bonds. The second-order valence-electron chi connectivity index (χ2n) is 9.18. The van der Waals surface area contributed by atoms with Crippen molar-refractivity contribution in [2.75, 3.05) is 19.3 Å². The average molecular weight is 625 g/mol. The number of H-pyrrole nitrogens is 2. The van der Waals surface area contributed by atoms with Crippen LogP contribution in [0.4, 0.5) is 26.3 Å². The van der Waals surface area contributed by atoms with Crippen molar-refractivity contribution in [3.05, 3.63) is 66.0 Å². The van der Waals surface area contributed by atoms with Crippen LogP contribution < -0.4 is 19.8 Å². The van der Waals surface area contributed by atoms with Crippen molar-refractivity contribution in [3.63, 3.8) is 0 Å². The van der Waals surface area contributed by atoms with Crippen LogP contribution in [0.2, 0.25) is 0 Å². The lowest BCUT2D eigenvalue weighted by atomic mass is 10.1. The standard InChI is InChI=1S/C22H22F3N5O4S.C2HF3O2/c1-35(33,34)14-8-12-29(13-9-14)21(32)19-27-17(16-7-3-5-11-30(16)19)20(31)28-18(22(23,24)25)15-6-2-4-10-26-15;3-2(4,5)1(6)7/h2-7,10-11,14,18H,8-9,12-13H2,1H3,(H,28,31);(H,6,7)/p+1. The molecule has 11 nitrogen and oxygen atoms in total. The molecule has 0 saturated carbocycles. The van der Waals surface area contributed by atoms with Gasteiger partial charge in [-0.1, -0.05) is 12.1 Å². The highest BCUT2D eigenvalue weighted by molar-refractivity contribution is 7.91. The van der Waals surface area contributed by atoms with Gasteiger partial charge in [-0.2, -0.15) is 30.7 Å². The summed E-state index contributed by atoms with van der Waals surface area (Å²) in [4.78, 5) is 41.7. The molecule has 3 aromatic heterocycles. The summed E-state index contributed by atoms with van der Waals surface area (Å²) in [5.41, 5.74) is -0.232. The molecule has 1 unspecified atom stereocenters. The number of hydrogen-bond donors (Lipinski definition) is 2. The maximum absolute atomic E-state index is 13.7. The molecule has 0 spiro atoms. The number of halogens is 6. The Labute approximate surface area is 234 Å². The van der Waals surface area contributed by atoms with Gasteiger partial charge in [-0.3, -0.25) is 9.59 Å². The number of imidazole rings is 1. The molecular formula is C24H24F6N5O6S+. The van der Waals surface area contributed by atoms with Crippen LogP contribution in [0, 0.1) is 0 Å². The van der Waals surface area contributed by atoms with Crippen LogP contribution in [0.1, 0.15) is 45.7 Å². The van der Waals surface area contributed by atoms with Crippen LogP contribution in [0.15, 0.2) is 48.8 Å². The molecular weight excluding hydrogens is 600 g/mol. The van der Waals surface area contributed by atoms with Gasteiger partial charge in [0.15, 0.2) is 11.7 Å². The van der Waals surface area contributed by atoms with Crippen molar-refractivity contribution in [2.45, 2.75) is 36.5 Å². The Hall–Kier alpha value is -4.22. The summed E-state index contributed by atoms with van der Waals surface area (Å²) in [6, 6.07) is 6.58. The molecule has 4 rings (SSSR count). The number of aliphatic carboxylic acids is 1. The van der Waals surface area contributed by atoms with Crippen molar-refractivity contribution < 1.29 is 63.6 Å². The van der Waals surface area contributed by atoms with Crippen LogP contribution in [-0.4, -0.2) is 73.0 Å². The maximum Gasteiger partial charge on any atom is 0.430 e. The Morgan fingerprint density at radius 1 is 1.07 bits per heavy atom. The van der Waals surface area contributed by atoms with Gasteiger partial charge in [0.05, 0.1) is 11.4 Å². The monoisotopic (exact) mass is 624 g/mol. The summed E-state index contributed by atoms with van der Waals surface area (Å²) in [6.45, 7) is 0.401. The highest BCUT2D eigenvalue weighted by atomic mass is 32.2. The molecule has 0 aromatic carbocycles. The molecule has 18 heteroatoms. The first-order chi connectivity index (χ1) is 19.4. The van der Waals surface area contributed by atoms with Gasteiger partial charge in [0, 0.05) is 31.5 Å². The minimum Gasteiger partial charge on any atom is -0.542 e.